The number of rotatable bonds is 6. The van der Waals surface area contributed by atoms with Crippen LogP contribution in [-0.4, -0.2) is 18.7 Å². The second kappa shape index (κ2) is 9.49. The number of benzene rings is 3. The van der Waals surface area contributed by atoms with Crippen molar-refractivity contribution in [3.05, 3.63) is 69.9 Å². The molecule has 5 rings (SSSR count). The number of nitrogens with one attached hydrogen (secondary N) is 1. The number of aromatic nitrogens is 3. The van der Waals surface area contributed by atoms with Crippen LogP contribution in [0.15, 0.2) is 62.7 Å². The number of hydrogen-bond acceptors (Lipinski definition) is 8. The van der Waals surface area contributed by atoms with E-state index in [1.54, 1.807) is 30.3 Å². The zero-order valence-electron chi connectivity index (χ0n) is 17.1. The van der Waals surface area contributed by atoms with Crippen molar-refractivity contribution in [3.63, 3.8) is 0 Å². The second-order valence-corrected chi connectivity index (χ2v) is 10.2. The Bertz CT molecular complexity index is 1600. The Morgan fingerprint density at radius 3 is 2.77 bits per heavy atom. The molecule has 35 heavy (non-hydrogen) atoms. The van der Waals surface area contributed by atoms with Crippen LogP contribution < -0.4 is 15.2 Å². The third-order valence-electron chi connectivity index (χ3n) is 4.76. The molecule has 1 unspecified atom stereocenters. The van der Waals surface area contributed by atoms with E-state index in [9.17, 15) is 13.0 Å². The Hall–Kier alpha value is -3.13. The summed E-state index contributed by atoms with van der Waals surface area (Å²) in [6, 6.07) is 9.88. The molecule has 3 aromatic carbocycles. The zero-order chi connectivity index (χ0) is 24.7. The maximum atomic E-state index is 15.0. The van der Waals surface area contributed by atoms with Crippen molar-refractivity contribution in [1.82, 2.24) is 14.5 Å². The molecule has 0 bridgehead atoms. The van der Waals surface area contributed by atoms with E-state index < -0.39 is 33.3 Å². The third kappa shape index (κ3) is 4.72. The van der Waals surface area contributed by atoms with Crippen LogP contribution >= 0.6 is 39.1 Å². The number of nitrogens with two attached hydrogens (primary N) is 1. The lowest BCUT2D eigenvalue weighted by Gasteiger charge is -2.15. The molecule has 2 heterocycles. The van der Waals surface area contributed by atoms with Gasteiger partial charge in [-0.1, -0.05) is 22.8 Å². The first-order chi connectivity index (χ1) is 16.8. The lowest BCUT2D eigenvalue weighted by atomic mass is 10.0. The maximum absolute atomic E-state index is 15.0. The monoisotopic (exact) mass is 597 g/mol. The number of halogens is 4. The van der Waals surface area contributed by atoms with Gasteiger partial charge < -0.3 is 15.0 Å². The number of nitrogen functional groups attached to an aromatic ring is 1. The average Bonchev–Trinajstić information content (AvgIpc) is 3.47. The molecule has 0 radical (unpaired) electrons. The van der Waals surface area contributed by atoms with Gasteiger partial charge in [0.05, 0.1) is 14.8 Å². The van der Waals surface area contributed by atoms with E-state index >= 15 is 0 Å². The van der Waals surface area contributed by atoms with Crippen LogP contribution in [0, 0.1) is 11.6 Å². The number of ether oxygens (including phenoxy) is 1. The highest BCUT2D eigenvalue weighted by Gasteiger charge is 2.21. The van der Waals surface area contributed by atoms with Gasteiger partial charge in [-0.05, 0) is 51.8 Å². The molecular weight excluding hydrogens is 588 g/mol. The van der Waals surface area contributed by atoms with Crippen LogP contribution in [0.25, 0.3) is 22.1 Å². The fourth-order valence-electron chi connectivity index (χ4n) is 3.20. The minimum absolute atomic E-state index is 0.169. The first kappa shape index (κ1) is 23.6. The Kier molecular flexibility index (Phi) is 6.40. The maximum Gasteiger partial charge on any atom is 0.214 e. The molecule has 178 valence electrons. The molecule has 3 N–H and O–H groups in total. The highest BCUT2D eigenvalue weighted by atomic mass is 79.9. The highest BCUT2D eigenvalue weighted by molar-refractivity contribution is 9.10. The summed E-state index contributed by atoms with van der Waals surface area (Å²) in [5, 5.41) is 4.87. The molecule has 0 aliphatic rings. The molecule has 0 fully saturated rings. The molecule has 14 heteroatoms. The van der Waals surface area contributed by atoms with E-state index in [2.05, 4.69) is 35.2 Å². The summed E-state index contributed by atoms with van der Waals surface area (Å²) in [4.78, 5) is 3.40. The predicted octanol–water partition coefficient (Wildman–Crippen LogP) is 6.55. The lowest BCUT2D eigenvalue weighted by Crippen LogP contribution is -2.07. The van der Waals surface area contributed by atoms with Crippen molar-refractivity contribution in [2.75, 3.05) is 10.5 Å². The van der Waals surface area contributed by atoms with Gasteiger partial charge >= 0.3 is 0 Å². The molecule has 0 saturated heterocycles. The number of anilines is 2. The van der Waals surface area contributed by atoms with Crippen molar-refractivity contribution in [2.24, 2.45) is 0 Å². The fourth-order valence-corrected chi connectivity index (χ4v) is 5.52. The average molecular weight is 599 g/mol. The minimum Gasteiger partial charge on any atom is -0.452 e. The standard InChI is InChI=1S/C21H11BrClF2N5O3S2/c22-13-5-10(23)4-11(9-1-2-16-12(3-9)20(26)29-33-16)19(13)32-17-6-15(25)18(7-14(17)24)35(31)30-21-27-8-28-34-21/h1-8H,(H2,26,29)(H,27,28,30). The van der Waals surface area contributed by atoms with Crippen molar-refractivity contribution < 1.29 is 22.2 Å². The van der Waals surface area contributed by atoms with Crippen molar-refractivity contribution in [1.29, 1.82) is 0 Å². The van der Waals surface area contributed by atoms with Crippen LogP contribution in [0.4, 0.5) is 19.7 Å². The Morgan fingerprint density at radius 2 is 2.00 bits per heavy atom. The normalized spacial score (nSPS) is 12.1. The molecule has 5 aromatic rings. The van der Waals surface area contributed by atoms with Crippen LogP contribution in [0.5, 0.6) is 11.5 Å². The van der Waals surface area contributed by atoms with Gasteiger partial charge in [0.2, 0.25) is 5.13 Å². The molecule has 8 nitrogen and oxygen atoms in total. The predicted molar refractivity (Wildman–Crippen MR) is 133 cm³/mol. The number of hydrogen-bond donors (Lipinski definition) is 2. The quantitative estimate of drug-likeness (QED) is 0.228. The van der Waals surface area contributed by atoms with Crippen LogP contribution in [0.2, 0.25) is 5.02 Å². The van der Waals surface area contributed by atoms with Gasteiger partial charge in [0.25, 0.3) is 0 Å². The Balaban J connectivity index is 1.53. The summed E-state index contributed by atoms with van der Waals surface area (Å²) in [6.07, 6.45) is 1.24. The summed E-state index contributed by atoms with van der Waals surface area (Å²) in [6.45, 7) is 0. The molecule has 0 spiro atoms. The molecule has 0 saturated carbocycles. The first-order valence-electron chi connectivity index (χ1n) is 9.56. The molecule has 0 aliphatic heterocycles. The van der Waals surface area contributed by atoms with Crippen molar-refractivity contribution >= 4 is 72.0 Å². The number of nitrogens with zero attached hydrogens (tertiary/aromatic N) is 3. The number of fused-ring (bicyclic) bond motifs is 1. The van der Waals surface area contributed by atoms with E-state index in [-0.39, 0.29) is 16.7 Å². The van der Waals surface area contributed by atoms with Gasteiger partial charge in [-0.15, -0.1) is 0 Å². The third-order valence-corrected chi connectivity index (χ3v) is 7.36. The van der Waals surface area contributed by atoms with Gasteiger partial charge in [0.15, 0.2) is 34.0 Å². The van der Waals surface area contributed by atoms with Crippen molar-refractivity contribution in [2.45, 2.75) is 4.90 Å². The molecule has 0 amide bonds. The second-order valence-electron chi connectivity index (χ2n) is 6.98. The first-order valence-corrected chi connectivity index (χ1v) is 12.7. The van der Waals surface area contributed by atoms with Crippen LogP contribution in [-0.2, 0) is 11.0 Å². The lowest BCUT2D eigenvalue weighted by molar-refractivity contribution is 0.432. The largest absolute Gasteiger partial charge is 0.452 e. The zero-order valence-corrected chi connectivity index (χ0v) is 21.1. The Labute approximate surface area is 215 Å². The van der Waals surface area contributed by atoms with Gasteiger partial charge in [0.1, 0.15) is 17.9 Å². The van der Waals surface area contributed by atoms with Gasteiger partial charge in [-0.3, -0.25) is 4.72 Å². The summed E-state index contributed by atoms with van der Waals surface area (Å²) < 4.78 is 59.8. The molecule has 1 atom stereocenters. The van der Waals surface area contributed by atoms with Gasteiger partial charge in [0, 0.05) is 28.2 Å². The molecular formula is C21H11BrClF2N5O3S2. The van der Waals surface area contributed by atoms with Crippen molar-refractivity contribution in [3.8, 4) is 22.6 Å². The van der Waals surface area contributed by atoms with E-state index in [1.165, 1.54) is 6.33 Å². The highest BCUT2D eigenvalue weighted by Crippen LogP contribution is 2.43. The van der Waals surface area contributed by atoms with E-state index in [0.29, 0.717) is 31.6 Å². The summed E-state index contributed by atoms with van der Waals surface area (Å²) in [5.41, 5.74) is 7.43. The minimum atomic E-state index is -2.11. The fraction of sp³-hybridized carbons (Fsp3) is 0. The summed E-state index contributed by atoms with van der Waals surface area (Å²) in [5.74, 6) is -1.93. The van der Waals surface area contributed by atoms with Gasteiger partial charge in [-0.25, -0.2) is 18.0 Å². The van der Waals surface area contributed by atoms with Gasteiger partial charge in [-0.2, -0.15) is 4.37 Å². The van der Waals surface area contributed by atoms with E-state index in [0.717, 1.165) is 23.7 Å². The van der Waals surface area contributed by atoms with Crippen LogP contribution in [0.3, 0.4) is 0 Å². The van der Waals surface area contributed by atoms with E-state index in [1.807, 2.05) is 0 Å². The van der Waals surface area contributed by atoms with Crippen LogP contribution in [0.1, 0.15) is 0 Å². The summed E-state index contributed by atoms with van der Waals surface area (Å²) in [7, 11) is -2.11. The van der Waals surface area contributed by atoms with E-state index in [4.69, 9.17) is 26.6 Å². The SMILES string of the molecule is Nc1noc2ccc(-c3cc(Cl)cc(Br)c3Oc3cc(F)c(S(=O)Nc4ncns4)cc3F)cc12. The topological polar surface area (TPSA) is 116 Å². The molecule has 2 aromatic heterocycles. The smallest absolute Gasteiger partial charge is 0.214 e. The Morgan fingerprint density at radius 1 is 1.17 bits per heavy atom. The summed E-state index contributed by atoms with van der Waals surface area (Å²) >= 11 is 10.5. The molecule has 0 aliphatic carbocycles.